The van der Waals surface area contributed by atoms with E-state index in [-0.39, 0.29) is 23.0 Å². The van der Waals surface area contributed by atoms with Gasteiger partial charge in [0.2, 0.25) is 0 Å². The molecule has 2 unspecified atom stereocenters. The van der Waals surface area contributed by atoms with Crippen LogP contribution in [-0.2, 0) is 20.3 Å². The van der Waals surface area contributed by atoms with Crippen LogP contribution in [0.3, 0.4) is 0 Å². The van der Waals surface area contributed by atoms with Gasteiger partial charge in [0.05, 0.1) is 13.2 Å². The van der Waals surface area contributed by atoms with Gasteiger partial charge in [0, 0.05) is 11.0 Å². The van der Waals surface area contributed by atoms with Gasteiger partial charge in [-0.25, -0.2) is 0 Å². The molecule has 2 fully saturated rings. The third-order valence-corrected chi connectivity index (χ3v) is 6.56. The molecule has 0 bridgehead atoms. The van der Waals surface area contributed by atoms with Crippen molar-refractivity contribution in [3.8, 4) is 11.5 Å². The minimum Gasteiger partial charge on any atom is -0.491 e. The lowest BCUT2D eigenvalue weighted by Gasteiger charge is -2.31. The zero-order valence-electron chi connectivity index (χ0n) is 18.9. The molecular weight excluding hydrogens is 376 g/mol. The van der Waals surface area contributed by atoms with E-state index in [9.17, 15) is 0 Å². The van der Waals surface area contributed by atoms with Gasteiger partial charge in [-0.1, -0.05) is 58.9 Å². The molecule has 0 radical (unpaired) electrons. The van der Waals surface area contributed by atoms with Crippen LogP contribution in [0.1, 0.15) is 57.7 Å². The molecule has 0 spiro atoms. The van der Waals surface area contributed by atoms with E-state index in [4.69, 9.17) is 18.9 Å². The molecule has 0 saturated carbocycles. The van der Waals surface area contributed by atoms with Gasteiger partial charge in [-0.05, 0) is 41.2 Å². The highest BCUT2D eigenvalue weighted by atomic mass is 16.6. The Morgan fingerprint density at radius 2 is 1.40 bits per heavy atom. The van der Waals surface area contributed by atoms with Crippen LogP contribution < -0.4 is 9.47 Å². The summed E-state index contributed by atoms with van der Waals surface area (Å²) in [7, 11) is 0. The van der Waals surface area contributed by atoms with Crippen LogP contribution in [0.5, 0.6) is 11.5 Å². The van der Waals surface area contributed by atoms with Crippen molar-refractivity contribution in [1.29, 1.82) is 0 Å². The third kappa shape index (κ3) is 4.81. The Labute approximate surface area is 180 Å². The van der Waals surface area contributed by atoms with E-state index in [0.29, 0.717) is 13.2 Å². The topological polar surface area (TPSA) is 43.5 Å². The molecule has 2 aromatic carbocycles. The van der Waals surface area contributed by atoms with Gasteiger partial charge < -0.3 is 18.9 Å². The van der Waals surface area contributed by atoms with Gasteiger partial charge in [0.1, 0.15) is 36.9 Å². The number of ether oxygens (including phenoxy) is 4. The van der Waals surface area contributed by atoms with Gasteiger partial charge in [-0.2, -0.15) is 0 Å². The summed E-state index contributed by atoms with van der Waals surface area (Å²) in [5.41, 5.74) is 3.72. The van der Waals surface area contributed by atoms with E-state index in [1.54, 1.807) is 0 Å². The van der Waals surface area contributed by atoms with Crippen LogP contribution in [-0.4, -0.2) is 38.6 Å². The maximum atomic E-state index is 6.14. The van der Waals surface area contributed by atoms with E-state index < -0.39 is 0 Å². The molecule has 0 N–H and O–H groups in total. The monoisotopic (exact) mass is 410 g/mol. The lowest BCUT2D eigenvalue weighted by molar-refractivity contribution is 0.257. The van der Waals surface area contributed by atoms with Crippen LogP contribution in [0.15, 0.2) is 42.5 Å². The Kier molecular flexibility index (Phi) is 5.82. The first kappa shape index (κ1) is 21.2. The number of hydrogen-bond donors (Lipinski definition) is 0. The number of hydrogen-bond acceptors (Lipinski definition) is 4. The molecule has 0 aliphatic carbocycles. The lowest BCUT2D eigenvalue weighted by Crippen LogP contribution is -2.23. The van der Waals surface area contributed by atoms with Crippen LogP contribution in [0.4, 0.5) is 0 Å². The summed E-state index contributed by atoms with van der Waals surface area (Å²) in [4.78, 5) is 0. The molecule has 2 aliphatic rings. The fourth-order valence-electron chi connectivity index (χ4n) is 3.60. The standard InChI is InChI=1S/C26H34O4/c1-6-25(2,3)23-13-19(9-12-24(23)30-17-22-16-29-22)26(4,5)18-7-10-20(11-8-18)27-14-21-15-28-21/h7-13,21-22H,6,14-17H2,1-5H3. The molecule has 0 amide bonds. The Balaban J connectivity index is 1.57. The van der Waals surface area contributed by atoms with Gasteiger partial charge in [-0.3, -0.25) is 0 Å². The summed E-state index contributed by atoms with van der Waals surface area (Å²) >= 11 is 0. The van der Waals surface area contributed by atoms with E-state index in [1.165, 1.54) is 16.7 Å². The lowest BCUT2D eigenvalue weighted by atomic mass is 9.74. The predicted octanol–water partition coefficient (Wildman–Crippen LogP) is 5.26. The Bertz CT molecular complexity index is 861. The molecule has 2 atom stereocenters. The Morgan fingerprint density at radius 1 is 0.833 bits per heavy atom. The van der Waals surface area contributed by atoms with Gasteiger partial charge in [0.25, 0.3) is 0 Å². The highest BCUT2D eigenvalue weighted by Gasteiger charge is 2.30. The molecule has 2 saturated heterocycles. The SMILES string of the molecule is CCC(C)(C)c1cc(C(C)(C)c2ccc(OCC3CO3)cc2)ccc1OCC1CO1. The number of rotatable bonds is 10. The first-order chi connectivity index (χ1) is 14.3. The van der Waals surface area contributed by atoms with Crippen LogP contribution in [0.25, 0.3) is 0 Å². The normalized spacial score (nSPS) is 20.7. The minimum atomic E-state index is -0.130. The molecule has 2 heterocycles. The van der Waals surface area contributed by atoms with Crippen molar-refractivity contribution in [2.45, 2.75) is 64.1 Å². The van der Waals surface area contributed by atoms with Crippen molar-refractivity contribution >= 4 is 0 Å². The van der Waals surface area contributed by atoms with Gasteiger partial charge in [0.15, 0.2) is 0 Å². The summed E-state index contributed by atoms with van der Waals surface area (Å²) in [6.07, 6.45) is 1.57. The van der Waals surface area contributed by atoms with Crippen molar-refractivity contribution < 1.29 is 18.9 Å². The maximum Gasteiger partial charge on any atom is 0.123 e. The average molecular weight is 411 g/mol. The summed E-state index contributed by atoms with van der Waals surface area (Å²) in [6, 6.07) is 15.1. The van der Waals surface area contributed by atoms with E-state index in [0.717, 1.165) is 31.1 Å². The predicted molar refractivity (Wildman–Crippen MR) is 119 cm³/mol. The third-order valence-electron chi connectivity index (χ3n) is 6.56. The second-order valence-electron chi connectivity index (χ2n) is 9.63. The molecular formula is C26H34O4. The second-order valence-corrected chi connectivity index (χ2v) is 9.63. The maximum absolute atomic E-state index is 6.14. The second kappa shape index (κ2) is 8.24. The molecule has 30 heavy (non-hydrogen) atoms. The smallest absolute Gasteiger partial charge is 0.123 e. The van der Waals surface area contributed by atoms with Crippen LogP contribution in [0, 0.1) is 0 Å². The highest BCUT2D eigenvalue weighted by molar-refractivity contribution is 5.48. The molecule has 2 aliphatic heterocycles. The summed E-state index contributed by atoms with van der Waals surface area (Å²) in [5, 5.41) is 0. The molecule has 4 rings (SSSR count). The van der Waals surface area contributed by atoms with Crippen LogP contribution in [0.2, 0.25) is 0 Å². The van der Waals surface area contributed by atoms with Gasteiger partial charge in [-0.15, -0.1) is 0 Å². The molecule has 162 valence electrons. The number of benzene rings is 2. The number of epoxide rings is 2. The van der Waals surface area contributed by atoms with Crippen LogP contribution >= 0.6 is 0 Å². The van der Waals surface area contributed by atoms with Crippen molar-refractivity contribution in [2.75, 3.05) is 26.4 Å². The molecule has 2 aromatic rings. The van der Waals surface area contributed by atoms with Crippen molar-refractivity contribution in [3.05, 3.63) is 59.2 Å². The fraction of sp³-hybridized carbons (Fsp3) is 0.538. The zero-order chi connectivity index (χ0) is 21.4. The summed E-state index contributed by atoms with van der Waals surface area (Å²) in [5.74, 6) is 1.87. The summed E-state index contributed by atoms with van der Waals surface area (Å²) < 4.78 is 22.5. The molecule has 4 heteroatoms. The zero-order valence-corrected chi connectivity index (χ0v) is 18.9. The molecule has 0 aromatic heterocycles. The fourth-order valence-corrected chi connectivity index (χ4v) is 3.60. The highest BCUT2D eigenvalue weighted by Crippen LogP contribution is 2.40. The largest absolute Gasteiger partial charge is 0.491 e. The van der Waals surface area contributed by atoms with Crippen molar-refractivity contribution in [2.24, 2.45) is 0 Å². The Morgan fingerprint density at radius 3 is 1.97 bits per heavy atom. The minimum absolute atomic E-state index is 0.0361. The van der Waals surface area contributed by atoms with E-state index in [1.807, 2.05) is 0 Å². The first-order valence-electron chi connectivity index (χ1n) is 11.0. The van der Waals surface area contributed by atoms with Crippen molar-refractivity contribution in [1.82, 2.24) is 0 Å². The quantitative estimate of drug-likeness (QED) is 0.502. The van der Waals surface area contributed by atoms with Crippen molar-refractivity contribution in [3.63, 3.8) is 0 Å². The van der Waals surface area contributed by atoms with E-state index >= 15 is 0 Å². The molecule has 4 nitrogen and oxygen atoms in total. The Hall–Kier alpha value is -2.04. The van der Waals surface area contributed by atoms with E-state index in [2.05, 4.69) is 77.1 Å². The average Bonchev–Trinajstić information content (AvgIpc) is 3.65. The summed E-state index contributed by atoms with van der Waals surface area (Å²) in [6.45, 7) is 14.2. The van der Waals surface area contributed by atoms with Gasteiger partial charge >= 0.3 is 0 Å². The first-order valence-corrected chi connectivity index (χ1v) is 11.0.